The summed E-state index contributed by atoms with van der Waals surface area (Å²) in [6.07, 6.45) is 0.141. The molecular formula is C15H24N4O2. The Morgan fingerprint density at radius 2 is 2.33 bits per heavy atom. The molecule has 1 aliphatic heterocycles. The molecule has 1 atom stereocenters. The van der Waals surface area contributed by atoms with Crippen LogP contribution in [0.25, 0.3) is 0 Å². The summed E-state index contributed by atoms with van der Waals surface area (Å²) in [5.74, 6) is -0.121. The normalized spacial score (nSPS) is 19.2. The van der Waals surface area contributed by atoms with E-state index in [-0.39, 0.29) is 12.0 Å². The number of nitrogens with two attached hydrogens (primary N) is 1. The zero-order valence-electron chi connectivity index (χ0n) is 12.7. The number of hydrogen-bond donors (Lipinski definition) is 3. The molecule has 1 aromatic rings. The highest BCUT2D eigenvalue weighted by molar-refractivity contribution is 5.96. The largest absolute Gasteiger partial charge is 0.397 e. The van der Waals surface area contributed by atoms with Gasteiger partial charge in [0.15, 0.2) is 0 Å². The van der Waals surface area contributed by atoms with Gasteiger partial charge in [0.05, 0.1) is 24.1 Å². The van der Waals surface area contributed by atoms with Crippen molar-refractivity contribution in [1.82, 2.24) is 10.2 Å². The van der Waals surface area contributed by atoms with Gasteiger partial charge in [0.2, 0.25) is 0 Å². The van der Waals surface area contributed by atoms with Gasteiger partial charge in [-0.2, -0.15) is 0 Å². The number of nitrogens with one attached hydrogen (secondary N) is 2. The second kappa shape index (κ2) is 7.28. The summed E-state index contributed by atoms with van der Waals surface area (Å²) >= 11 is 0. The molecule has 0 radical (unpaired) electrons. The highest BCUT2D eigenvalue weighted by Gasteiger charge is 2.19. The molecule has 116 valence electrons. The average molecular weight is 292 g/mol. The molecule has 0 aliphatic carbocycles. The van der Waals surface area contributed by atoms with Gasteiger partial charge in [-0.05, 0) is 24.7 Å². The Bertz CT molecular complexity index is 493. The predicted octanol–water partition coefficient (Wildman–Crippen LogP) is 0.761. The summed E-state index contributed by atoms with van der Waals surface area (Å²) in [6.45, 7) is 6.53. The summed E-state index contributed by atoms with van der Waals surface area (Å²) in [6, 6.07) is 5.23. The monoisotopic (exact) mass is 292 g/mol. The van der Waals surface area contributed by atoms with Crippen LogP contribution >= 0.6 is 0 Å². The molecule has 0 bridgehead atoms. The lowest BCUT2D eigenvalue weighted by atomic mass is 10.1. The van der Waals surface area contributed by atoms with Crippen LogP contribution < -0.4 is 16.4 Å². The van der Waals surface area contributed by atoms with E-state index in [0.717, 1.165) is 31.9 Å². The molecule has 1 aliphatic rings. The molecule has 1 heterocycles. The van der Waals surface area contributed by atoms with Crippen molar-refractivity contribution in [2.75, 3.05) is 50.9 Å². The van der Waals surface area contributed by atoms with Gasteiger partial charge in [0.1, 0.15) is 0 Å². The van der Waals surface area contributed by atoms with E-state index in [1.54, 1.807) is 25.2 Å². The minimum atomic E-state index is -0.121. The summed E-state index contributed by atoms with van der Waals surface area (Å²) in [5.41, 5.74) is 7.95. The van der Waals surface area contributed by atoms with E-state index in [4.69, 9.17) is 10.5 Å². The predicted molar refractivity (Wildman–Crippen MR) is 84.6 cm³/mol. The maximum Gasteiger partial charge on any atom is 0.251 e. The number of nitrogen functional groups attached to an aromatic ring is 1. The van der Waals surface area contributed by atoms with Crippen LogP contribution in [0.15, 0.2) is 18.2 Å². The van der Waals surface area contributed by atoms with Crippen LogP contribution in [0.5, 0.6) is 0 Å². The standard InChI is InChI=1S/C15H24N4O2/c1-3-19-6-7-21-12(10-19)9-18-14-8-11(15(20)17-2)4-5-13(14)16/h4-5,8,12,18H,3,6-7,9-10,16H2,1-2H3,(H,17,20). The number of morpholine rings is 1. The average Bonchev–Trinajstić information content (AvgIpc) is 2.53. The van der Waals surface area contributed by atoms with Crippen LogP contribution in [-0.4, -0.2) is 56.7 Å². The molecule has 6 heteroatoms. The number of amides is 1. The first-order chi connectivity index (χ1) is 10.1. The van der Waals surface area contributed by atoms with Crippen molar-refractivity contribution in [3.05, 3.63) is 23.8 Å². The first-order valence-corrected chi connectivity index (χ1v) is 7.33. The van der Waals surface area contributed by atoms with Gasteiger partial charge in [0.25, 0.3) is 5.91 Å². The summed E-state index contributed by atoms with van der Waals surface area (Å²) in [7, 11) is 1.61. The van der Waals surface area contributed by atoms with Gasteiger partial charge >= 0.3 is 0 Å². The molecule has 0 saturated carbocycles. The van der Waals surface area contributed by atoms with Crippen LogP contribution in [-0.2, 0) is 4.74 Å². The van der Waals surface area contributed by atoms with E-state index in [2.05, 4.69) is 22.5 Å². The van der Waals surface area contributed by atoms with Crippen molar-refractivity contribution in [3.63, 3.8) is 0 Å². The Balaban J connectivity index is 1.97. The Kier molecular flexibility index (Phi) is 5.41. The van der Waals surface area contributed by atoms with Crippen LogP contribution in [0.2, 0.25) is 0 Å². The van der Waals surface area contributed by atoms with E-state index < -0.39 is 0 Å². The van der Waals surface area contributed by atoms with Gasteiger partial charge in [-0.1, -0.05) is 6.92 Å². The van der Waals surface area contributed by atoms with Crippen molar-refractivity contribution >= 4 is 17.3 Å². The van der Waals surface area contributed by atoms with E-state index >= 15 is 0 Å². The lowest BCUT2D eigenvalue weighted by Gasteiger charge is -2.32. The molecule has 6 nitrogen and oxygen atoms in total. The van der Waals surface area contributed by atoms with E-state index in [1.165, 1.54) is 0 Å². The van der Waals surface area contributed by atoms with Crippen molar-refractivity contribution in [1.29, 1.82) is 0 Å². The third-order valence-corrected chi connectivity index (χ3v) is 3.73. The van der Waals surface area contributed by atoms with Gasteiger partial charge in [-0.25, -0.2) is 0 Å². The maximum absolute atomic E-state index is 11.7. The molecule has 0 aromatic heterocycles. The van der Waals surface area contributed by atoms with E-state index in [1.807, 2.05) is 0 Å². The second-order valence-corrected chi connectivity index (χ2v) is 5.15. The lowest BCUT2D eigenvalue weighted by Crippen LogP contribution is -2.45. The second-order valence-electron chi connectivity index (χ2n) is 5.15. The number of ether oxygens (including phenoxy) is 1. The molecule has 1 fully saturated rings. The van der Waals surface area contributed by atoms with Crippen molar-refractivity contribution in [2.24, 2.45) is 0 Å². The number of hydrogen-bond acceptors (Lipinski definition) is 5. The molecule has 1 amide bonds. The Morgan fingerprint density at radius 1 is 1.52 bits per heavy atom. The van der Waals surface area contributed by atoms with Crippen molar-refractivity contribution in [2.45, 2.75) is 13.0 Å². The first kappa shape index (κ1) is 15.6. The maximum atomic E-state index is 11.7. The fraction of sp³-hybridized carbons (Fsp3) is 0.533. The van der Waals surface area contributed by atoms with Crippen LogP contribution in [0.3, 0.4) is 0 Å². The van der Waals surface area contributed by atoms with Crippen LogP contribution in [0.4, 0.5) is 11.4 Å². The minimum absolute atomic E-state index is 0.121. The summed E-state index contributed by atoms with van der Waals surface area (Å²) < 4.78 is 5.75. The molecule has 21 heavy (non-hydrogen) atoms. The van der Waals surface area contributed by atoms with Crippen LogP contribution in [0.1, 0.15) is 17.3 Å². The Labute approximate surface area is 125 Å². The zero-order chi connectivity index (χ0) is 15.2. The van der Waals surface area contributed by atoms with Gasteiger partial charge in [-0.15, -0.1) is 0 Å². The Hall–Kier alpha value is -1.79. The quantitative estimate of drug-likeness (QED) is 0.698. The van der Waals surface area contributed by atoms with Crippen molar-refractivity contribution in [3.8, 4) is 0 Å². The van der Waals surface area contributed by atoms with Gasteiger partial charge < -0.3 is 21.1 Å². The SMILES string of the molecule is CCN1CCOC(CNc2cc(C(=O)NC)ccc2N)C1. The molecule has 1 unspecified atom stereocenters. The highest BCUT2D eigenvalue weighted by Crippen LogP contribution is 2.20. The number of benzene rings is 1. The molecule has 1 saturated heterocycles. The minimum Gasteiger partial charge on any atom is -0.397 e. The number of carbonyl (C=O) groups is 1. The van der Waals surface area contributed by atoms with Crippen molar-refractivity contribution < 1.29 is 9.53 Å². The number of anilines is 2. The Morgan fingerprint density at radius 3 is 3.05 bits per heavy atom. The third kappa shape index (κ3) is 4.09. The summed E-state index contributed by atoms with van der Waals surface area (Å²) in [4.78, 5) is 14.0. The molecule has 1 aromatic carbocycles. The smallest absolute Gasteiger partial charge is 0.251 e. The lowest BCUT2D eigenvalue weighted by molar-refractivity contribution is -0.0191. The van der Waals surface area contributed by atoms with Gasteiger partial charge in [-0.3, -0.25) is 9.69 Å². The fourth-order valence-electron chi connectivity index (χ4n) is 2.41. The topological polar surface area (TPSA) is 79.6 Å². The fourth-order valence-corrected chi connectivity index (χ4v) is 2.41. The van der Waals surface area contributed by atoms with E-state index in [0.29, 0.717) is 17.8 Å². The third-order valence-electron chi connectivity index (χ3n) is 3.73. The molecular weight excluding hydrogens is 268 g/mol. The highest BCUT2D eigenvalue weighted by atomic mass is 16.5. The number of likely N-dealkylation sites (N-methyl/N-ethyl adjacent to an activating group) is 1. The number of nitrogens with zero attached hydrogens (tertiary/aromatic N) is 1. The van der Waals surface area contributed by atoms with E-state index in [9.17, 15) is 4.79 Å². The number of rotatable bonds is 5. The molecule has 4 N–H and O–H groups in total. The van der Waals surface area contributed by atoms with Crippen LogP contribution in [0, 0.1) is 0 Å². The van der Waals surface area contributed by atoms with Gasteiger partial charge in [0, 0.05) is 32.2 Å². The molecule has 0 spiro atoms. The molecule has 2 rings (SSSR count). The first-order valence-electron chi connectivity index (χ1n) is 7.33. The summed E-state index contributed by atoms with van der Waals surface area (Å²) in [5, 5.41) is 5.90. The zero-order valence-corrected chi connectivity index (χ0v) is 12.7. The number of carbonyl (C=O) groups excluding carboxylic acids is 1.